The van der Waals surface area contributed by atoms with E-state index in [9.17, 15) is 5.11 Å². The Morgan fingerprint density at radius 1 is 0.947 bits per heavy atom. The largest absolute Gasteiger partial charge is 0.385 e. The smallest absolute Gasteiger partial charge is 0.113 e. The molecule has 2 atom stereocenters. The van der Waals surface area contributed by atoms with Crippen LogP contribution in [0.3, 0.4) is 0 Å². The lowest BCUT2D eigenvalue weighted by Crippen LogP contribution is -2.14. The molecular formula is C17H18O2. The van der Waals surface area contributed by atoms with Crippen LogP contribution < -0.4 is 0 Å². The summed E-state index contributed by atoms with van der Waals surface area (Å²) in [5.41, 5.74) is 1.81. The number of aliphatic hydroxyl groups is 1. The number of rotatable bonds is 6. The van der Waals surface area contributed by atoms with Crippen molar-refractivity contribution in [1.29, 1.82) is 0 Å². The van der Waals surface area contributed by atoms with Crippen LogP contribution in [0, 0.1) is 0 Å². The van der Waals surface area contributed by atoms with Crippen LogP contribution in [-0.4, -0.2) is 11.7 Å². The molecule has 0 aliphatic rings. The van der Waals surface area contributed by atoms with Gasteiger partial charge in [-0.1, -0.05) is 66.7 Å². The monoisotopic (exact) mass is 254 g/mol. The molecule has 2 heteroatoms. The lowest BCUT2D eigenvalue weighted by atomic mass is 9.98. The standard InChI is InChI=1S/C17H18O2/c1-2-13-19-17(15-11-7-4-8-12-15)16(18)14-9-5-3-6-10-14/h2-12,16-18H,1,13H2/t16-,17+/m1/s1. The van der Waals surface area contributed by atoms with Gasteiger partial charge in [-0.25, -0.2) is 0 Å². The molecule has 0 saturated carbocycles. The molecule has 0 amide bonds. The molecule has 98 valence electrons. The maximum absolute atomic E-state index is 10.5. The van der Waals surface area contributed by atoms with Gasteiger partial charge in [-0.15, -0.1) is 6.58 Å². The molecule has 0 unspecified atom stereocenters. The summed E-state index contributed by atoms with van der Waals surface area (Å²) >= 11 is 0. The summed E-state index contributed by atoms with van der Waals surface area (Å²) in [6.07, 6.45) is 0.610. The summed E-state index contributed by atoms with van der Waals surface area (Å²) in [4.78, 5) is 0. The topological polar surface area (TPSA) is 29.5 Å². The van der Waals surface area contributed by atoms with E-state index in [-0.39, 0.29) is 6.10 Å². The molecular weight excluding hydrogens is 236 g/mol. The molecule has 0 aliphatic heterocycles. The first-order valence-corrected chi connectivity index (χ1v) is 6.33. The van der Waals surface area contributed by atoms with Gasteiger partial charge in [0.15, 0.2) is 0 Å². The predicted molar refractivity (Wildman–Crippen MR) is 76.7 cm³/mol. The van der Waals surface area contributed by atoms with Crippen molar-refractivity contribution < 1.29 is 9.84 Å². The highest BCUT2D eigenvalue weighted by molar-refractivity contribution is 5.25. The third kappa shape index (κ3) is 3.53. The van der Waals surface area contributed by atoms with Crippen molar-refractivity contribution in [3.8, 4) is 0 Å². The number of hydrogen-bond acceptors (Lipinski definition) is 2. The zero-order chi connectivity index (χ0) is 13.5. The van der Waals surface area contributed by atoms with Gasteiger partial charge in [-0.3, -0.25) is 0 Å². The molecule has 0 fully saturated rings. The minimum atomic E-state index is -0.691. The fourth-order valence-corrected chi connectivity index (χ4v) is 2.01. The lowest BCUT2D eigenvalue weighted by molar-refractivity contribution is -0.0299. The molecule has 0 spiro atoms. The summed E-state index contributed by atoms with van der Waals surface area (Å²) in [5, 5.41) is 10.5. The Kier molecular flexibility index (Phi) is 4.90. The zero-order valence-electron chi connectivity index (χ0n) is 10.8. The Hall–Kier alpha value is -1.90. The third-order valence-corrected chi connectivity index (χ3v) is 2.95. The van der Waals surface area contributed by atoms with Crippen molar-refractivity contribution >= 4 is 0 Å². The summed E-state index contributed by atoms with van der Waals surface area (Å²) in [5.74, 6) is 0. The van der Waals surface area contributed by atoms with Crippen molar-refractivity contribution in [2.45, 2.75) is 12.2 Å². The third-order valence-electron chi connectivity index (χ3n) is 2.95. The van der Waals surface area contributed by atoms with E-state index in [0.717, 1.165) is 11.1 Å². The summed E-state index contributed by atoms with van der Waals surface area (Å²) in [6.45, 7) is 4.06. The van der Waals surface area contributed by atoms with Gasteiger partial charge in [0, 0.05) is 0 Å². The summed E-state index contributed by atoms with van der Waals surface area (Å²) in [7, 11) is 0. The van der Waals surface area contributed by atoms with Crippen molar-refractivity contribution in [3.63, 3.8) is 0 Å². The maximum Gasteiger partial charge on any atom is 0.113 e. The van der Waals surface area contributed by atoms with Crippen LogP contribution in [0.15, 0.2) is 73.3 Å². The normalized spacial score (nSPS) is 13.7. The maximum atomic E-state index is 10.5. The Morgan fingerprint density at radius 3 is 2.00 bits per heavy atom. The van der Waals surface area contributed by atoms with Gasteiger partial charge in [0.25, 0.3) is 0 Å². The highest BCUT2D eigenvalue weighted by Crippen LogP contribution is 2.31. The van der Waals surface area contributed by atoms with E-state index in [1.165, 1.54) is 0 Å². The second-order valence-electron chi connectivity index (χ2n) is 4.31. The van der Waals surface area contributed by atoms with Gasteiger partial charge in [0.2, 0.25) is 0 Å². The average molecular weight is 254 g/mol. The first kappa shape index (κ1) is 13.5. The van der Waals surface area contributed by atoms with Crippen molar-refractivity contribution in [1.82, 2.24) is 0 Å². The van der Waals surface area contributed by atoms with E-state index >= 15 is 0 Å². The Morgan fingerprint density at radius 2 is 1.47 bits per heavy atom. The van der Waals surface area contributed by atoms with E-state index in [2.05, 4.69) is 6.58 Å². The molecule has 2 rings (SSSR count). The van der Waals surface area contributed by atoms with Crippen molar-refractivity contribution in [3.05, 3.63) is 84.4 Å². The van der Waals surface area contributed by atoms with E-state index < -0.39 is 6.10 Å². The molecule has 0 radical (unpaired) electrons. The lowest BCUT2D eigenvalue weighted by Gasteiger charge is -2.23. The SMILES string of the molecule is C=CCO[C@@H](c1ccccc1)[C@H](O)c1ccccc1. The number of benzene rings is 2. The van der Waals surface area contributed by atoms with Crippen LogP contribution in [0.1, 0.15) is 23.3 Å². The van der Waals surface area contributed by atoms with E-state index in [1.54, 1.807) is 6.08 Å². The molecule has 0 bridgehead atoms. The minimum absolute atomic E-state index is 0.387. The first-order chi connectivity index (χ1) is 9.33. The fourth-order valence-electron chi connectivity index (χ4n) is 2.01. The van der Waals surface area contributed by atoms with E-state index in [1.807, 2.05) is 60.7 Å². The number of aliphatic hydroxyl groups excluding tert-OH is 1. The van der Waals surface area contributed by atoms with Gasteiger partial charge in [-0.05, 0) is 11.1 Å². The molecule has 0 saturated heterocycles. The van der Waals surface area contributed by atoms with Crippen LogP contribution in [0.25, 0.3) is 0 Å². The van der Waals surface area contributed by atoms with Gasteiger partial charge in [0.1, 0.15) is 12.2 Å². The van der Waals surface area contributed by atoms with Crippen LogP contribution >= 0.6 is 0 Å². The van der Waals surface area contributed by atoms with Crippen molar-refractivity contribution in [2.24, 2.45) is 0 Å². The second kappa shape index (κ2) is 6.88. The molecule has 0 heterocycles. The molecule has 1 N–H and O–H groups in total. The predicted octanol–water partition coefficient (Wildman–Crippen LogP) is 3.66. The van der Waals surface area contributed by atoms with Gasteiger partial charge < -0.3 is 9.84 Å². The molecule has 0 aromatic heterocycles. The molecule has 19 heavy (non-hydrogen) atoms. The van der Waals surface area contributed by atoms with Crippen LogP contribution in [-0.2, 0) is 4.74 Å². The van der Waals surface area contributed by atoms with E-state index in [0.29, 0.717) is 6.61 Å². The highest BCUT2D eigenvalue weighted by Gasteiger charge is 2.22. The Balaban J connectivity index is 2.25. The Bertz CT molecular complexity index is 493. The average Bonchev–Trinajstić information content (AvgIpc) is 2.49. The molecule has 0 aliphatic carbocycles. The Labute approximate surface area is 114 Å². The van der Waals surface area contributed by atoms with Crippen molar-refractivity contribution in [2.75, 3.05) is 6.61 Å². The van der Waals surface area contributed by atoms with Crippen LogP contribution in [0.2, 0.25) is 0 Å². The van der Waals surface area contributed by atoms with Crippen LogP contribution in [0.5, 0.6) is 0 Å². The van der Waals surface area contributed by atoms with E-state index in [4.69, 9.17) is 4.74 Å². The number of hydrogen-bond donors (Lipinski definition) is 1. The van der Waals surface area contributed by atoms with Gasteiger partial charge in [0.05, 0.1) is 6.61 Å². The molecule has 2 aromatic carbocycles. The fraction of sp³-hybridized carbons (Fsp3) is 0.176. The highest BCUT2D eigenvalue weighted by atomic mass is 16.5. The zero-order valence-corrected chi connectivity index (χ0v) is 10.8. The molecule has 2 nitrogen and oxygen atoms in total. The first-order valence-electron chi connectivity index (χ1n) is 6.33. The quantitative estimate of drug-likeness (QED) is 0.797. The van der Waals surface area contributed by atoms with Gasteiger partial charge >= 0.3 is 0 Å². The summed E-state index contributed by atoms with van der Waals surface area (Å²) in [6, 6.07) is 19.3. The molecule has 2 aromatic rings. The van der Waals surface area contributed by atoms with Gasteiger partial charge in [-0.2, -0.15) is 0 Å². The second-order valence-corrected chi connectivity index (χ2v) is 4.31. The number of ether oxygens (including phenoxy) is 1. The minimum Gasteiger partial charge on any atom is -0.385 e. The summed E-state index contributed by atoms with van der Waals surface area (Å²) < 4.78 is 5.73. The van der Waals surface area contributed by atoms with Crippen LogP contribution in [0.4, 0.5) is 0 Å².